The normalized spacial score (nSPS) is 31.0. The van der Waals surface area contributed by atoms with E-state index >= 15 is 0 Å². The van der Waals surface area contributed by atoms with Gasteiger partial charge in [0.05, 0.1) is 67.5 Å². The number of aromatic nitrogens is 2. The largest absolute Gasteiger partial charge is 0.458 e. The predicted molar refractivity (Wildman–Crippen MR) is 351 cm³/mol. The van der Waals surface area contributed by atoms with Crippen molar-refractivity contribution in [1.29, 1.82) is 0 Å². The SMILES string of the molecule is C=C1C[C@@H]2C[C@@H]3C[C@@H](O[Si](C)(C)C(C)(C)C)C[C@@H](O3)c3coc(n3)C=CC[C@H]3O[C@@H](C(C)=Cc4coc(C[C@]5(OC)C[C@H](OC)C[C@H]([C@@H](C=C(C)C=C[C@@H](CC#CBr)OC)O[Si](C(C)C)(C(C)C)C(C)C)O5)n4)[C@H](C)[C@@H](OC(=O)C=CC[C@@H](C1)O2)[C@H]3C. The van der Waals surface area contributed by atoms with Gasteiger partial charge in [-0.2, -0.15) is 0 Å². The van der Waals surface area contributed by atoms with Gasteiger partial charge in [-0.15, -0.1) is 0 Å². The number of oxazole rings is 2. The highest BCUT2D eigenvalue weighted by atomic mass is 79.9. The summed E-state index contributed by atoms with van der Waals surface area (Å²) in [5, 5.41) is 0.0526. The van der Waals surface area contributed by atoms with Crippen LogP contribution in [-0.2, 0) is 58.0 Å². The van der Waals surface area contributed by atoms with E-state index < -0.39 is 52.8 Å². The zero-order valence-corrected chi connectivity index (χ0v) is 59.2. The minimum atomic E-state index is -2.45. The molecule has 0 radical (unpaired) electrons. The molecule has 0 spiro atoms. The minimum Gasteiger partial charge on any atom is -0.458 e. The van der Waals surface area contributed by atoms with E-state index in [0.29, 0.717) is 79.0 Å². The van der Waals surface area contributed by atoms with Gasteiger partial charge >= 0.3 is 5.97 Å². The van der Waals surface area contributed by atoms with Gasteiger partial charge in [-0.05, 0) is 103 Å². The molecule has 15 nitrogen and oxygen atoms in total. The third-order valence-electron chi connectivity index (χ3n) is 19.4. The number of allylic oxidation sites excluding steroid dienone is 2. The van der Waals surface area contributed by atoms with Gasteiger partial charge in [-0.3, -0.25) is 0 Å². The highest BCUT2D eigenvalue weighted by molar-refractivity contribution is 9.12. The summed E-state index contributed by atoms with van der Waals surface area (Å²) in [6.45, 7) is 37.9. The quantitative estimate of drug-likeness (QED) is 0.0429. The molecule has 0 unspecified atom stereocenters. The maximum atomic E-state index is 13.9. The summed E-state index contributed by atoms with van der Waals surface area (Å²) in [6.07, 6.45) is 22.4. The van der Waals surface area contributed by atoms with E-state index in [1.807, 2.05) is 37.3 Å². The predicted octanol–water partition coefficient (Wildman–Crippen LogP) is 16.1. The van der Waals surface area contributed by atoms with Gasteiger partial charge in [0.1, 0.15) is 36.1 Å². The molecule has 484 valence electrons. The van der Waals surface area contributed by atoms with Crippen LogP contribution in [0.4, 0.5) is 0 Å². The molecule has 0 aromatic carbocycles. The van der Waals surface area contributed by atoms with Crippen LogP contribution in [0.2, 0.25) is 34.8 Å². The van der Waals surface area contributed by atoms with Gasteiger partial charge in [0.2, 0.25) is 14.2 Å². The van der Waals surface area contributed by atoms with Crippen molar-refractivity contribution < 1.29 is 60.4 Å². The Hall–Kier alpha value is -3.56. The van der Waals surface area contributed by atoms with Crippen LogP contribution in [0.1, 0.15) is 183 Å². The smallest absolute Gasteiger partial charge is 0.330 e. The van der Waals surface area contributed by atoms with Gasteiger partial charge in [0.15, 0.2) is 20.0 Å². The highest BCUT2D eigenvalue weighted by Gasteiger charge is 2.52. The zero-order valence-electron chi connectivity index (χ0n) is 55.7. The van der Waals surface area contributed by atoms with Crippen molar-refractivity contribution >= 4 is 50.7 Å². The van der Waals surface area contributed by atoms with Crippen molar-refractivity contribution in [3.8, 4) is 10.8 Å². The fraction of sp³-hybridized carbons (Fsp3) is 0.696. The number of esters is 1. The molecule has 0 saturated carbocycles. The fourth-order valence-corrected chi connectivity index (χ4v) is 20.9. The lowest BCUT2D eigenvalue weighted by Crippen LogP contribution is -2.57. The Labute approximate surface area is 532 Å². The molecule has 0 N–H and O–H groups in total. The Bertz CT molecular complexity index is 2780. The van der Waals surface area contributed by atoms with Crippen molar-refractivity contribution in [2.45, 2.75) is 274 Å². The summed E-state index contributed by atoms with van der Waals surface area (Å²) in [6, 6.07) is 0. The summed E-state index contributed by atoms with van der Waals surface area (Å²) in [4.78, 5) is 26.7. The van der Waals surface area contributed by atoms with Gasteiger partial charge < -0.3 is 55.6 Å². The van der Waals surface area contributed by atoms with E-state index in [-0.39, 0.29) is 72.1 Å². The average Bonchev–Trinajstić information content (AvgIpc) is 2.23. The van der Waals surface area contributed by atoms with Gasteiger partial charge in [-0.1, -0.05) is 130 Å². The van der Waals surface area contributed by atoms with Crippen LogP contribution in [0, 0.1) is 22.6 Å². The molecule has 8 bridgehead atoms. The van der Waals surface area contributed by atoms with Crippen LogP contribution in [0.3, 0.4) is 0 Å². The third kappa shape index (κ3) is 18.4. The van der Waals surface area contributed by atoms with Crippen LogP contribution in [0.5, 0.6) is 0 Å². The minimum absolute atomic E-state index is 0.00412. The number of hydrogen-bond donors (Lipinski definition) is 0. The summed E-state index contributed by atoms with van der Waals surface area (Å²) in [5.74, 6) is 2.04. The molecule has 0 aliphatic carbocycles. The van der Waals surface area contributed by atoms with E-state index in [9.17, 15) is 4.79 Å². The second-order valence-corrected chi connectivity index (χ2v) is 38.4. The van der Waals surface area contributed by atoms with E-state index in [1.165, 1.54) is 0 Å². The van der Waals surface area contributed by atoms with Crippen molar-refractivity contribution in [1.82, 2.24) is 9.97 Å². The molecule has 5 aliphatic rings. The number of ether oxygens (including phenoxy) is 8. The van der Waals surface area contributed by atoms with E-state index in [1.54, 1.807) is 39.9 Å². The monoisotopic (exact) mass is 1300 g/mol. The Morgan fingerprint density at radius 2 is 1.59 bits per heavy atom. The Balaban J connectivity index is 1.14. The molecule has 15 atom stereocenters. The fourth-order valence-electron chi connectivity index (χ4n) is 13.9. The van der Waals surface area contributed by atoms with E-state index in [4.69, 9.17) is 65.5 Å². The van der Waals surface area contributed by atoms with Crippen LogP contribution in [0.15, 0.2) is 81.1 Å². The maximum Gasteiger partial charge on any atom is 0.330 e. The van der Waals surface area contributed by atoms with E-state index in [2.05, 4.69) is 142 Å². The van der Waals surface area contributed by atoms with E-state index in [0.717, 1.165) is 41.7 Å². The number of carbonyl (C=O) groups excluding carboxylic acids is 1. The van der Waals surface area contributed by atoms with Crippen molar-refractivity contribution in [3.63, 3.8) is 0 Å². The van der Waals surface area contributed by atoms with Gasteiger partial charge in [0.25, 0.3) is 0 Å². The molecular formula is C69H105BrN2O13Si2. The van der Waals surface area contributed by atoms with Crippen LogP contribution >= 0.6 is 15.9 Å². The standard InChI is InChI=1S/C69H105BrN2O13Si2/c1-43(2)87(44(3)4,45(5)6)85-62(33-46(7)28-29-52(74-15)24-22-30-70)61-38-57(75-16)39-69(76-17,83-61)40-64-71-51(41-77-64)34-48(9)66-50(11)67-49(10)59(81-66)25-21-26-63-72-58(42-78-63)60-37-56(84-86(18,19)68(12,13)14)36-55(80-60)35-54-32-47(8)31-53(79-54)23-20-27-65(73)82-67/h20-21,26-29,33-34,41-45,49-50,52-57,59-62,66-67H,8,23-25,31-32,35-40H2,1-7,9-19H3/t49-,50-,52+,53-,54+,55+,56+,57+,59+,60+,61+,62+,66-,67-,69-/m0/s1. The second kappa shape index (κ2) is 31.2. The summed E-state index contributed by atoms with van der Waals surface area (Å²) >= 11 is 3.21. The van der Waals surface area contributed by atoms with Crippen LogP contribution in [0.25, 0.3) is 12.2 Å². The van der Waals surface area contributed by atoms with Crippen molar-refractivity contribution in [3.05, 3.63) is 95.4 Å². The molecule has 4 saturated heterocycles. The number of methoxy groups -OCH3 is 3. The molecule has 2 aromatic rings. The first-order valence-corrected chi connectivity index (χ1v) is 37.8. The number of halogens is 1. The molecular weight excluding hydrogens is 1200 g/mol. The summed E-state index contributed by atoms with van der Waals surface area (Å²) in [7, 11) is 0.548. The van der Waals surface area contributed by atoms with Crippen LogP contribution in [-0.4, -0.2) is 127 Å². The molecule has 5 aliphatic heterocycles. The molecule has 7 heterocycles. The summed E-state index contributed by atoms with van der Waals surface area (Å²) in [5.41, 5.74) is 5.41. The first-order chi connectivity index (χ1) is 41.1. The molecule has 0 amide bonds. The maximum absolute atomic E-state index is 13.9. The van der Waals surface area contributed by atoms with Gasteiger partial charge in [0, 0.05) is 87.3 Å². The number of carbonyl (C=O) groups is 1. The molecule has 7 rings (SSSR count). The first-order valence-electron chi connectivity index (χ1n) is 32.0. The number of hydrogen-bond acceptors (Lipinski definition) is 15. The molecule has 87 heavy (non-hydrogen) atoms. The van der Waals surface area contributed by atoms with Crippen molar-refractivity contribution in [2.75, 3.05) is 21.3 Å². The Morgan fingerprint density at radius 1 is 0.874 bits per heavy atom. The first kappa shape index (κ1) is 70.9. The molecule has 4 fully saturated rings. The van der Waals surface area contributed by atoms with Crippen molar-refractivity contribution in [2.24, 2.45) is 11.8 Å². The lowest BCUT2D eigenvalue weighted by molar-refractivity contribution is -0.297. The lowest BCUT2D eigenvalue weighted by atomic mass is 9.79. The number of nitrogens with zero attached hydrogens (tertiary/aromatic N) is 2. The summed E-state index contributed by atoms with van der Waals surface area (Å²) < 4.78 is 79.8. The highest BCUT2D eigenvalue weighted by Crippen LogP contribution is 2.47. The Kier molecular flexibility index (Phi) is 25.4. The molecule has 18 heteroatoms. The third-order valence-corrected chi connectivity index (χ3v) is 30.3. The zero-order chi connectivity index (χ0) is 63.6. The Morgan fingerprint density at radius 3 is 2.25 bits per heavy atom. The second-order valence-electron chi connectivity index (χ2n) is 27.8. The van der Waals surface area contributed by atoms with Gasteiger partial charge in [-0.25, -0.2) is 14.8 Å². The average molecular weight is 1310 g/mol. The topological polar surface area (TPSA) is 161 Å². The lowest BCUT2D eigenvalue weighted by Gasteiger charge is -2.49. The molecule has 2 aromatic heterocycles. The number of fused-ring (bicyclic) bond motifs is 9. The number of rotatable bonds is 19. The van der Waals surface area contributed by atoms with Crippen LogP contribution < -0.4 is 0 Å².